The molecule has 0 bridgehead atoms. The third-order valence-corrected chi connectivity index (χ3v) is 6.81. The molecule has 32 heavy (non-hydrogen) atoms. The zero-order valence-corrected chi connectivity index (χ0v) is 18.7. The Morgan fingerprint density at radius 1 is 0.906 bits per heavy atom. The van der Waals surface area contributed by atoms with Gasteiger partial charge < -0.3 is 5.32 Å². The van der Waals surface area contributed by atoms with Gasteiger partial charge in [0, 0.05) is 23.3 Å². The van der Waals surface area contributed by atoms with Crippen LogP contribution in [-0.4, -0.2) is 17.3 Å². The molecule has 4 nitrogen and oxygen atoms in total. The lowest BCUT2D eigenvalue weighted by atomic mass is 9.78. The average molecular weight is 463 g/mol. The molecule has 3 aromatic rings. The van der Waals surface area contributed by atoms with E-state index in [2.05, 4.69) is 5.32 Å². The normalized spacial score (nSPS) is 19.8. The molecule has 2 unspecified atom stereocenters. The summed E-state index contributed by atoms with van der Waals surface area (Å²) in [6, 6.07) is 19.8. The molecular weight excluding hydrogens is 443 g/mol. The van der Waals surface area contributed by atoms with E-state index < -0.39 is 0 Å². The molecule has 3 aromatic carbocycles. The number of carbonyl (C=O) groups excluding carboxylic acids is 2. The number of fused-ring (bicyclic) bond motifs is 2. The SMILES string of the molecule is O=C(c1ccccc1)c1ccc2c(c1)N=C1CCCC(=O)C1C(c1ccc(Cl)c(Cl)c1)N2. The number of nitrogens with one attached hydrogen (secondary N) is 1. The van der Waals surface area contributed by atoms with Gasteiger partial charge in [-0.05, 0) is 48.7 Å². The van der Waals surface area contributed by atoms with Crippen molar-refractivity contribution >= 4 is 51.9 Å². The van der Waals surface area contributed by atoms with Crippen molar-refractivity contribution in [3.63, 3.8) is 0 Å². The van der Waals surface area contributed by atoms with E-state index in [1.165, 1.54) is 0 Å². The topological polar surface area (TPSA) is 58.5 Å². The third-order valence-electron chi connectivity index (χ3n) is 6.07. The Hall–Kier alpha value is -2.95. The summed E-state index contributed by atoms with van der Waals surface area (Å²) < 4.78 is 0. The lowest BCUT2D eigenvalue weighted by Crippen LogP contribution is -2.36. The Labute approximate surface area is 196 Å². The summed E-state index contributed by atoms with van der Waals surface area (Å²) >= 11 is 12.4. The van der Waals surface area contributed by atoms with Crippen molar-refractivity contribution in [2.45, 2.75) is 25.3 Å². The van der Waals surface area contributed by atoms with Gasteiger partial charge in [-0.2, -0.15) is 0 Å². The minimum absolute atomic E-state index is 0.0600. The molecule has 1 aliphatic carbocycles. The van der Waals surface area contributed by atoms with Crippen molar-refractivity contribution in [3.8, 4) is 0 Å². The van der Waals surface area contributed by atoms with Crippen molar-refractivity contribution in [2.75, 3.05) is 5.32 Å². The first-order valence-electron chi connectivity index (χ1n) is 10.6. The fourth-order valence-corrected chi connectivity index (χ4v) is 4.78. The molecule has 1 aliphatic heterocycles. The number of hydrogen-bond donors (Lipinski definition) is 1. The van der Waals surface area contributed by atoms with E-state index in [1.54, 1.807) is 36.4 Å². The van der Waals surface area contributed by atoms with Crippen LogP contribution in [0.2, 0.25) is 10.0 Å². The van der Waals surface area contributed by atoms with Crippen molar-refractivity contribution in [1.29, 1.82) is 0 Å². The Morgan fingerprint density at radius 3 is 2.50 bits per heavy atom. The second-order valence-corrected chi connectivity index (χ2v) is 8.94. The summed E-state index contributed by atoms with van der Waals surface area (Å²) in [5.74, 6) is -0.288. The number of carbonyl (C=O) groups is 2. The van der Waals surface area contributed by atoms with E-state index in [-0.39, 0.29) is 23.5 Å². The Bertz CT molecular complexity index is 1250. The highest BCUT2D eigenvalue weighted by molar-refractivity contribution is 6.42. The van der Waals surface area contributed by atoms with Crippen molar-refractivity contribution < 1.29 is 9.59 Å². The lowest BCUT2D eigenvalue weighted by molar-refractivity contribution is -0.122. The van der Waals surface area contributed by atoms with Gasteiger partial charge in [0.15, 0.2) is 5.78 Å². The zero-order valence-electron chi connectivity index (χ0n) is 17.1. The second-order valence-electron chi connectivity index (χ2n) is 8.12. The van der Waals surface area contributed by atoms with Crippen LogP contribution in [0.15, 0.2) is 71.7 Å². The van der Waals surface area contributed by atoms with Crippen LogP contribution in [0.25, 0.3) is 0 Å². The minimum Gasteiger partial charge on any atom is -0.375 e. The summed E-state index contributed by atoms with van der Waals surface area (Å²) in [4.78, 5) is 30.8. The van der Waals surface area contributed by atoms with E-state index >= 15 is 0 Å². The highest BCUT2D eigenvalue weighted by atomic mass is 35.5. The minimum atomic E-state index is -0.387. The summed E-state index contributed by atoms with van der Waals surface area (Å²) in [5, 5.41) is 4.42. The maximum absolute atomic E-state index is 13.0. The van der Waals surface area contributed by atoms with Gasteiger partial charge in [-0.25, -0.2) is 0 Å². The number of hydrogen-bond acceptors (Lipinski definition) is 4. The van der Waals surface area contributed by atoms with Crippen LogP contribution in [0.3, 0.4) is 0 Å². The van der Waals surface area contributed by atoms with Crippen LogP contribution in [0.1, 0.15) is 46.8 Å². The lowest BCUT2D eigenvalue weighted by Gasteiger charge is -2.30. The molecule has 0 amide bonds. The summed E-state index contributed by atoms with van der Waals surface area (Å²) in [7, 11) is 0. The molecule has 1 fully saturated rings. The molecule has 0 aromatic heterocycles. The molecule has 2 atom stereocenters. The number of benzene rings is 3. The zero-order chi connectivity index (χ0) is 22.2. The molecule has 2 aliphatic rings. The van der Waals surface area contributed by atoms with E-state index in [0.717, 1.165) is 29.8 Å². The van der Waals surface area contributed by atoms with Crippen molar-refractivity contribution in [3.05, 3.63) is 93.5 Å². The Morgan fingerprint density at radius 2 is 1.72 bits per heavy atom. The molecule has 1 saturated carbocycles. The van der Waals surface area contributed by atoms with Gasteiger partial charge in [0.25, 0.3) is 0 Å². The Kier molecular flexibility index (Phi) is 5.58. The molecule has 160 valence electrons. The van der Waals surface area contributed by atoms with Crippen LogP contribution < -0.4 is 5.32 Å². The molecule has 5 rings (SSSR count). The van der Waals surface area contributed by atoms with Crippen LogP contribution in [0, 0.1) is 5.92 Å². The highest BCUT2D eigenvalue weighted by Gasteiger charge is 2.38. The van der Waals surface area contributed by atoms with Crippen LogP contribution in [0.4, 0.5) is 11.4 Å². The molecule has 1 heterocycles. The molecule has 0 radical (unpaired) electrons. The van der Waals surface area contributed by atoms with Crippen LogP contribution in [0.5, 0.6) is 0 Å². The Balaban J connectivity index is 1.59. The second kappa shape index (κ2) is 8.53. The molecule has 6 heteroatoms. The van der Waals surface area contributed by atoms with E-state index in [4.69, 9.17) is 28.2 Å². The largest absolute Gasteiger partial charge is 0.375 e. The first kappa shape index (κ1) is 20.9. The molecule has 1 N–H and O–H groups in total. The van der Waals surface area contributed by atoms with Gasteiger partial charge in [0.05, 0.1) is 33.4 Å². The van der Waals surface area contributed by atoms with Gasteiger partial charge in [0.2, 0.25) is 0 Å². The smallest absolute Gasteiger partial charge is 0.193 e. The van der Waals surface area contributed by atoms with Gasteiger partial charge in [0.1, 0.15) is 5.78 Å². The predicted molar refractivity (Wildman–Crippen MR) is 129 cm³/mol. The summed E-state index contributed by atoms with van der Waals surface area (Å²) in [6.45, 7) is 0. The van der Waals surface area contributed by atoms with Crippen LogP contribution >= 0.6 is 23.2 Å². The monoisotopic (exact) mass is 462 g/mol. The first-order chi connectivity index (χ1) is 15.5. The molecular formula is C26H20Cl2N2O2. The van der Waals surface area contributed by atoms with Crippen LogP contribution in [-0.2, 0) is 4.79 Å². The first-order valence-corrected chi connectivity index (χ1v) is 11.3. The maximum atomic E-state index is 13.0. The fourth-order valence-electron chi connectivity index (χ4n) is 4.48. The van der Waals surface area contributed by atoms with Gasteiger partial charge >= 0.3 is 0 Å². The average Bonchev–Trinajstić information content (AvgIpc) is 2.98. The predicted octanol–water partition coefficient (Wildman–Crippen LogP) is 6.83. The number of aliphatic imine (C=N–C) groups is 1. The van der Waals surface area contributed by atoms with Gasteiger partial charge in [-0.3, -0.25) is 14.6 Å². The maximum Gasteiger partial charge on any atom is 0.193 e. The number of Topliss-reactive ketones (excluding diaryl/α,β-unsaturated/α-hetero) is 1. The number of halogens is 2. The van der Waals surface area contributed by atoms with Gasteiger partial charge in [-0.15, -0.1) is 0 Å². The number of nitrogens with zero attached hydrogens (tertiary/aromatic N) is 1. The van der Waals surface area contributed by atoms with Crippen molar-refractivity contribution in [2.24, 2.45) is 10.9 Å². The fraction of sp³-hybridized carbons (Fsp3) is 0.192. The number of anilines is 1. The van der Waals surface area contributed by atoms with Gasteiger partial charge in [-0.1, -0.05) is 59.6 Å². The molecule has 0 saturated heterocycles. The number of ketones is 2. The highest BCUT2D eigenvalue weighted by Crippen LogP contribution is 2.42. The summed E-state index contributed by atoms with van der Waals surface area (Å²) in [5.41, 5.74) is 4.36. The quantitative estimate of drug-likeness (QED) is 0.433. The number of rotatable bonds is 3. The standard InChI is InChI=1S/C26H20Cl2N2O2/c27-18-11-9-16(13-19(18)28)25-24-21(7-4-8-23(24)31)29-22-14-17(10-12-20(22)30-25)26(32)15-5-2-1-3-6-15/h1-3,5-6,9-14,24-25,30H,4,7-8H2. The van der Waals surface area contributed by atoms with Crippen molar-refractivity contribution in [1.82, 2.24) is 0 Å². The van der Waals surface area contributed by atoms with E-state index in [0.29, 0.717) is 33.3 Å². The van der Waals surface area contributed by atoms with E-state index in [9.17, 15) is 9.59 Å². The van der Waals surface area contributed by atoms with E-state index in [1.807, 2.05) is 30.3 Å². The molecule has 0 spiro atoms. The summed E-state index contributed by atoms with van der Waals surface area (Å²) in [6.07, 6.45) is 2.05. The third kappa shape index (κ3) is 3.85.